The Kier molecular flexibility index (Phi) is 35.3. The van der Waals surface area contributed by atoms with E-state index in [2.05, 4.69) is 42.9 Å². The maximum absolute atomic E-state index is 13.0. The number of likely N-dealkylation sites (tertiary alicyclic amines) is 3. The number of phenolic OH excluding ortho intramolecular Hbond substituents is 5. The number of benzene rings is 9. The molecule has 25 heteroatoms. The van der Waals surface area contributed by atoms with E-state index in [-0.39, 0.29) is 88.6 Å². The molecule has 0 radical (unpaired) electrons. The van der Waals surface area contributed by atoms with E-state index in [1.54, 1.807) is 222 Å². The van der Waals surface area contributed by atoms with Gasteiger partial charge < -0.3 is 68.8 Å². The first-order chi connectivity index (χ1) is 63.8. The highest BCUT2D eigenvalue weighted by molar-refractivity contribution is 6.02. The molecule has 9 aromatic carbocycles. The quantitative estimate of drug-likeness (QED) is 0.0261. The van der Waals surface area contributed by atoms with Gasteiger partial charge in [-0.25, -0.2) is 4.98 Å². The fourth-order valence-corrected chi connectivity index (χ4v) is 15.7. The summed E-state index contributed by atoms with van der Waals surface area (Å²) in [5.41, 5.74) is 9.39. The number of carbonyl (C=O) groups excluding carboxylic acids is 9. The molecule has 0 spiro atoms. The molecule has 0 unspecified atom stereocenters. The van der Waals surface area contributed by atoms with Crippen molar-refractivity contribution in [3.05, 3.63) is 336 Å². The van der Waals surface area contributed by atoms with Gasteiger partial charge in [0.05, 0.1) is 70.1 Å². The van der Waals surface area contributed by atoms with Crippen molar-refractivity contribution in [3.8, 4) is 68.8 Å². The molecule has 4 amide bonds. The van der Waals surface area contributed by atoms with E-state index in [0.29, 0.717) is 179 Å². The minimum atomic E-state index is -0.210. The van der Waals surface area contributed by atoms with E-state index in [1.165, 1.54) is 12.3 Å². The Hall–Kier alpha value is -15.8. The van der Waals surface area contributed by atoms with Gasteiger partial charge in [-0.2, -0.15) is 0 Å². The SMILES string of the molecule is C=Cc1c(O)cccc1OC[C@@H]1CCC(=O)N1c1ccccc1C=O.C=Cc1c(O)cccc1OC[C@@H]1CCCCN1C(=O)c1cccnc1C=O.C=Cc1c(O)cccc1OC[C@H]1CCCN(C(=O)c2ccc(C=O)cc2)C1.C=Cc1c(O)cccc1OC[C@H]1CCCN(C(=O)c2cccc(C=O)c2)C1.C=Cc1c(O)cccc1OCc1ccccc1-c1cccc(C=O)n1. The summed E-state index contributed by atoms with van der Waals surface area (Å²) in [4.78, 5) is 121. The summed E-state index contributed by atoms with van der Waals surface area (Å²) in [6.45, 7) is 23.6. The number of amides is 4. The smallest absolute Gasteiger partial charge is 0.256 e. The first kappa shape index (κ1) is 95.9. The second kappa shape index (κ2) is 48.2. The van der Waals surface area contributed by atoms with Crippen LogP contribution in [0.5, 0.6) is 57.5 Å². The number of ether oxygens (including phenoxy) is 5. The molecular formula is C106H104N6O19. The van der Waals surface area contributed by atoms with Crippen molar-refractivity contribution in [1.29, 1.82) is 0 Å². The molecule has 25 nitrogen and oxygen atoms in total. The Labute approximate surface area is 760 Å². The van der Waals surface area contributed by atoms with E-state index >= 15 is 0 Å². The van der Waals surface area contributed by atoms with Crippen molar-refractivity contribution >= 4 is 91.1 Å². The van der Waals surface area contributed by atoms with Gasteiger partial charge in [-0.15, -0.1) is 0 Å². The Bertz CT molecular complexity index is 5910. The van der Waals surface area contributed by atoms with Crippen LogP contribution in [0.2, 0.25) is 0 Å². The molecule has 2 aromatic heterocycles. The van der Waals surface area contributed by atoms with Crippen LogP contribution in [0.25, 0.3) is 41.6 Å². The van der Waals surface area contributed by atoms with Crippen molar-refractivity contribution in [2.75, 3.05) is 64.1 Å². The highest BCUT2D eigenvalue weighted by Gasteiger charge is 2.35. The summed E-state index contributed by atoms with van der Waals surface area (Å²) in [6.07, 6.45) is 20.4. The molecule has 4 fully saturated rings. The van der Waals surface area contributed by atoms with E-state index < -0.39 is 0 Å². The number of hydrogen-bond donors (Lipinski definition) is 5. The standard InChI is InChI=1S/2C22H23NO4.C21H22N2O4.C21H17NO3.C20H19NO4/c1-2-19-20(25)9-4-10-21(19)27-15-17-7-5-11-23(13-17)22(26)18-8-3-6-16(12-18)14-24;1-2-19-20(25)6-3-7-21(19)27-15-17-5-4-12-23(13-17)22(26)18-10-8-16(14-24)9-11-18;1-2-16-19(25)9-5-10-20(16)27-14-15-7-3-4-12-23(15)21(26)17-8-6-11-22-18(17)13-24;1-2-17-20(24)11-6-12-21(17)25-14-15-7-3-4-9-18(15)19-10-5-8-16(13-23)22-19;1-2-16-18(23)8-5-9-19(16)25-13-15-10-11-20(24)21(15)17-7-4-3-6-14(17)12-22/h2-4,6,8-10,12,14,17,25H,1,5,7,11,13,15H2;2-3,6-11,14,17,25H,1,4-5,12-13,15H2;2,5-6,8-11,13,15,25H,1,3-4,7,12,14H2;2-13,24H,1,14H2;2-9,12,15,23H,1,10-11,13H2/t2*17-;15-;;15-/m000.0/s1. The van der Waals surface area contributed by atoms with Gasteiger partial charge in [0.2, 0.25) is 5.91 Å². The Balaban J connectivity index is 0.000000158. The summed E-state index contributed by atoms with van der Waals surface area (Å²) in [7, 11) is 0. The molecule has 0 saturated carbocycles. The average molecular weight is 1770 g/mol. The van der Waals surface area contributed by atoms with Gasteiger partial charge in [0.1, 0.15) is 101 Å². The molecule has 131 heavy (non-hydrogen) atoms. The number of aldehydes is 5. The van der Waals surface area contributed by atoms with Crippen LogP contribution in [0.1, 0.15) is 174 Å². The lowest BCUT2D eigenvalue weighted by atomic mass is 9.98. The Morgan fingerprint density at radius 2 is 0.901 bits per heavy atom. The zero-order valence-electron chi connectivity index (χ0n) is 72.6. The van der Waals surface area contributed by atoms with Crippen LogP contribution in [-0.2, 0) is 11.4 Å². The number of aromatic hydroxyl groups is 5. The Morgan fingerprint density at radius 3 is 1.42 bits per heavy atom. The fraction of sp³-hybridized carbons (Fsp3) is 0.217. The van der Waals surface area contributed by atoms with Crippen LogP contribution >= 0.6 is 0 Å². The number of para-hydroxylation sites is 1. The molecule has 11 aromatic rings. The van der Waals surface area contributed by atoms with E-state index in [1.807, 2.05) is 40.1 Å². The van der Waals surface area contributed by atoms with Crippen LogP contribution in [0.3, 0.4) is 0 Å². The van der Waals surface area contributed by atoms with Crippen molar-refractivity contribution in [1.82, 2.24) is 24.7 Å². The second-order valence-electron chi connectivity index (χ2n) is 31.1. The third-order valence-electron chi connectivity index (χ3n) is 22.5. The molecule has 0 bridgehead atoms. The van der Waals surface area contributed by atoms with E-state index in [4.69, 9.17) is 23.7 Å². The molecule has 4 atom stereocenters. The van der Waals surface area contributed by atoms with E-state index in [0.717, 1.165) is 87.8 Å². The average Bonchev–Trinajstić information content (AvgIpc) is 1.63. The van der Waals surface area contributed by atoms with Crippen LogP contribution in [0.4, 0.5) is 5.69 Å². The van der Waals surface area contributed by atoms with Gasteiger partial charge in [0, 0.05) is 90.6 Å². The Morgan fingerprint density at radius 1 is 0.412 bits per heavy atom. The zero-order chi connectivity index (χ0) is 93.1. The zero-order valence-corrected chi connectivity index (χ0v) is 72.6. The van der Waals surface area contributed by atoms with Crippen LogP contribution in [-0.4, -0.2) is 176 Å². The number of rotatable bonds is 30. The van der Waals surface area contributed by atoms with Gasteiger partial charge in [-0.3, -0.25) is 48.1 Å². The fourth-order valence-electron chi connectivity index (χ4n) is 15.7. The minimum absolute atomic E-state index is 0.0252. The molecule has 0 aliphatic carbocycles. The number of piperidine rings is 3. The molecule has 4 aliphatic rings. The predicted octanol–water partition coefficient (Wildman–Crippen LogP) is 18.8. The normalized spacial score (nSPS) is 15.4. The van der Waals surface area contributed by atoms with Gasteiger partial charge in [0.15, 0.2) is 18.9 Å². The predicted molar refractivity (Wildman–Crippen MR) is 504 cm³/mol. The number of anilines is 1. The molecule has 15 rings (SSSR count). The summed E-state index contributed by atoms with van der Waals surface area (Å²) in [5, 5.41) is 49.4. The van der Waals surface area contributed by atoms with Crippen LogP contribution in [0, 0.1) is 11.8 Å². The largest absolute Gasteiger partial charge is 0.507 e. The summed E-state index contributed by atoms with van der Waals surface area (Å²) >= 11 is 0. The van der Waals surface area contributed by atoms with Crippen LogP contribution < -0.4 is 28.6 Å². The monoisotopic (exact) mass is 1760 g/mol. The van der Waals surface area contributed by atoms with Crippen molar-refractivity contribution < 1.29 is 92.4 Å². The van der Waals surface area contributed by atoms with Gasteiger partial charge >= 0.3 is 0 Å². The summed E-state index contributed by atoms with van der Waals surface area (Å²) < 4.78 is 29.5. The van der Waals surface area contributed by atoms with Crippen molar-refractivity contribution in [2.45, 2.75) is 76.5 Å². The lowest BCUT2D eigenvalue weighted by molar-refractivity contribution is -0.117. The van der Waals surface area contributed by atoms with E-state index in [9.17, 15) is 68.7 Å². The number of aromatic nitrogens is 2. The minimum Gasteiger partial charge on any atom is -0.507 e. The number of phenols is 5. The molecular weight excluding hydrogens is 1660 g/mol. The highest BCUT2D eigenvalue weighted by atomic mass is 16.5. The van der Waals surface area contributed by atoms with Crippen molar-refractivity contribution in [3.63, 3.8) is 0 Å². The second-order valence-corrected chi connectivity index (χ2v) is 31.1. The molecule has 4 aliphatic heterocycles. The first-order valence-electron chi connectivity index (χ1n) is 42.9. The third-order valence-corrected chi connectivity index (χ3v) is 22.5. The third kappa shape index (κ3) is 25.3. The molecule has 672 valence electrons. The first-order valence-corrected chi connectivity index (χ1v) is 42.9. The number of carbonyl (C=O) groups is 9. The summed E-state index contributed by atoms with van der Waals surface area (Å²) in [6, 6.07) is 61.9. The van der Waals surface area contributed by atoms with Gasteiger partial charge in [-0.05, 0) is 178 Å². The highest BCUT2D eigenvalue weighted by Crippen LogP contribution is 2.38. The topological polar surface area (TPSA) is 340 Å². The lowest BCUT2D eigenvalue weighted by Gasteiger charge is -2.35. The molecule has 5 N–H and O–H groups in total. The van der Waals surface area contributed by atoms with Crippen LogP contribution in [0.15, 0.2) is 257 Å². The molecule has 4 saturated heterocycles. The number of hydrogen-bond acceptors (Lipinski definition) is 21. The van der Waals surface area contributed by atoms with Gasteiger partial charge in [0.25, 0.3) is 17.7 Å². The lowest BCUT2D eigenvalue weighted by Crippen LogP contribution is -2.47. The number of nitrogens with zero attached hydrogens (tertiary/aromatic N) is 6. The van der Waals surface area contributed by atoms with Gasteiger partial charge in [-0.1, -0.05) is 160 Å². The maximum Gasteiger partial charge on any atom is 0.256 e. The van der Waals surface area contributed by atoms with Crippen molar-refractivity contribution in [2.24, 2.45) is 11.8 Å². The number of pyridine rings is 2. The summed E-state index contributed by atoms with van der Waals surface area (Å²) in [5.74, 6) is 3.48. The molecule has 6 heterocycles. The maximum atomic E-state index is 13.0.